The lowest BCUT2D eigenvalue weighted by Gasteiger charge is -2.16. The van der Waals surface area contributed by atoms with Gasteiger partial charge in [0.25, 0.3) is 0 Å². The zero-order chi connectivity index (χ0) is 17.8. The van der Waals surface area contributed by atoms with E-state index in [9.17, 15) is 0 Å². The summed E-state index contributed by atoms with van der Waals surface area (Å²) in [6, 6.07) is 14.8. The molecule has 0 N–H and O–H groups in total. The molecule has 0 saturated carbocycles. The number of hydrogen-bond acceptors (Lipinski definition) is 2. The van der Waals surface area contributed by atoms with Crippen molar-refractivity contribution in [2.75, 3.05) is 0 Å². The molecule has 4 aromatic rings. The summed E-state index contributed by atoms with van der Waals surface area (Å²) in [4.78, 5) is 4.80. The Morgan fingerprint density at radius 1 is 0.960 bits per heavy atom. The van der Waals surface area contributed by atoms with E-state index in [1.165, 1.54) is 5.56 Å². The van der Waals surface area contributed by atoms with Crippen molar-refractivity contribution in [1.82, 2.24) is 4.98 Å². The van der Waals surface area contributed by atoms with Crippen LogP contribution in [0.1, 0.15) is 32.0 Å². The second-order valence-corrected chi connectivity index (χ2v) is 7.73. The SMILES string of the molecule is Cc1ccc2c(oc3nc(C(C)(C)C)ccc32)c1-c1cccc[n+]1C. The van der Waals surface area contributed by atoms with Crippen molar-refractivity contribution in [3.05, 3.63) is 59.9 Å². The molecule has 25 heavy (non-hydrogen) atoms. The standard InChI is InChI=1S/C22H23N2O/c1-14-9-10-15-16-11-12-18(22(2,3)4)23-21(16)25-20(15)19(14)17-8-6-7-13-24(17)5/h6-13H,1-5H3/q+1. The highest BCUT2D eigenvalue weighted by Crippen LogP contribution is 2.37. The quantitative estimate of drug-likeness (QED) is 0.455. The molecule has 0 saturated heterocycles. The highest BCUT2D eigenvalue weighted by Gasteiger charge is 2.22. The van der Waals surface area contributed by atoms with E-state index in [4.69, 9.17) is 9.40 Å². The molecule has 0 amide bonds. The maximum absolute atomic E-state index is 6.29. The molecule has 0 aliphatic rings. The van der Waals surface area contributed by atoms with E-state index < -0.39 is 0 Å². The van der Waals surface area contributed by atoms with Crippen molar-refractivity contribution >= 4 is 22.1 Å². The van der Waals surface area contributed by atoms with Gasteiger partial charge >= 0.3 is 0 Å². The van der Waals surface area contributed by atoms with Crippen LogP contribution in [0.3, 0.4) is 0 Å². The Labute approximate surface area is 147 Å². The number of hydrogen-bond donors (Lipinski definition) is 0. The van der Waals surface area contributed by atoms with Crippen molar-refractivity contribution in [1.29, 1.82) is 0 Å². The molecule has 0 fully saturated rings. The van der Waals surface area contributed by atoms with E-state index >= 15 is 0 Å². The zero-order valence-corrected chi connectivity index (χ0v) is 15.4. The third-order valence-corrected chi connectivity index (χ3v) is 4.79. The van der Waals surface area contributed by atoms with Gasteiger partial charge in [0.05, 0.1) is 5.56 Å². The van der Waals surface area contributed by atoms with Gasteiger partial charge < -0.3 is 4.42 Å². The van der Waals surface area contributed by atoms with Crippen LogP contribution in [0.2, 0.25) is 0 Å². The first-order valence-electron chi connectivity index (χ1n) is 8.64. The summed E-state index contributed by atoms with van der Waals surface area (Å²) in [5.41, 5.74) is 6.14. The number of furan rings is 1. The van der Waals surface area contributed by atoms with Crippen molar-refractivity contribution < 1.29 is 8.98 Å². The van der Waals surface area contributed by atoms with E-state index in [1.54, 1.807) is 0 Å². The lowest BCUT2D eigenvalue weighted by Crippen LogP contribution is -2.30. The number of aromatic nitrogens is 2. The number of aryl methyl sites for hydroxylation is 2. The van der Waals surface area contributed by atoms with Gasteiger partial charge in [0.2, 0.25) is 11.4 Å². The summed E-state index contributed by atoms with van der Waals surface area (Å²) in [6.07, 6.45) is 2.06. The summed E-state index contributed by atoms with van der Waals surface area (Å²) in [5, 5.41) is 2.19. The number of pyridine rings is 2. The molecule has 1 aromatic carbocycles. The van der Waals surface area contributed by atoms with Crippen molar-refractivity contribution in [3.63, 3.8) is 0 Å². The van der Waals surface area contributed by atoms with Crippen LogP contribution in [-0.2, 0) is 12.5 Å². The first-order chi connectivity index (χ1) is 11.9. The minimum atomic E-state index is -0.00220. The maximum atomic E-state index is 6.29. The van der Waals surface area contributed by atoms with Gasteiger partial charge in [0.15, 0.2) is 11.8 Å². The van der Waals surface area contributed by atoms with Crippen LogP contribution < -0.4 is 4.57 Å². The van der Waals surface area contributed by atoms with Crippen LogP contribution >= 0.6 is 0 Å². The second-order valence-electron chi connectivity index (χ2n) is 7.73. The molecular formula is C22H23N2O+. The smallest absolute Gasteiger partial charge is 0.227 e. The first kappa shape index (κ1) is 15.8. The van der Waals surface area contributed by atoms with Crippen molar-refractivity contribution in [2.24, 2.45) is 7.05 Å². The third-order valence-electron chi connectivity index (χ3n) is 4.79. The highest BCUT2D eigenvalue weighted by molar-refractivity contribution is 6.08. The minimum absolute atomic E-state index is 0.00220. The molecule has 3 heteroatoms. The normalized spacial score (nSPS) is 12.2. The fourth-order valence-corrected chi connectivity index (χ4v) is 3.34. The molecule has 4 rings (SSSR count). The van der Waals surface area contributed by atoms with Crippen LogP contribution in [0.15, 0.2) is 53.1 Å². The Kier molecular flexibility index (Phi) is 3.43. The van der Waals surface area contributed by atoms with E-state index in [2.05, 4.69) is 81.9 Å². The zero-order valence-electron chi connectivity index (χ0n) is 15.4. The summed E-state index contributed by atoms with van der Waals surface area (Å²) in [5.74, 6) is 0. The van der Waals surface area contributed by atoms with Gasteiger partial charge in [-0.2, -0.15) is 0 Å². The van der Waals surface area contributed by atoms with Crippen LogP contribution in [0, 0.1) is 6.92 Å². The topological polar surface area (TPSA) is 29.9 Å². The second kappa shape index (κ2) is 5.41. The van der Waals surface area contributed by atoms with Gasteiger partial charge in [-0.1, -0.05) is 32.9 Å². The van der Waals surface area contributed by atoms with Crippen LogP contribution in [-0.4, -0.2) is 4.98 Å². The van der Waals surface area contributed by atoms with Gasteiger partial charge in [0, 0.05) is 34.0 Å². The Balaban J connectivity index is 2.07. The predicted octanol–water partition coefficient (Wildman–Crippen LogP) is 5.08. The molecule has 126 valence electrons. The lowest BCUT2D eigenvalue weighted by atomic mass is 9.91. The fourth-order valence-electron chi connectivity index (χ4n) is 3.34. The average Bonchev–Trinajstić information content (AvgIpc) is 2.92. The minimum Gasteiger partial charge on any atom is -0.437 e. The van der Waals surface area contributed by atoms with E-state index in [0.29, 0.717) is 5.71 Å². The van der Waals surface area contributed by atoms with Gasteiger partial charge in [-0.15, -0.1) is 0 Å². The predicted molar refractivity (Wildman–Crippen MR) is 102 cm³/mol. The van der Waals surface area contributed by atoms with Crippen molar-refractivity contribution in [2.45, 2.75) is 33.1 Å². The third kappa shape index (κ3) is 2.51. The summed E-state index contributed by atoms with van der Waals surface area (Å²) < 4.78 is 8.41. The summed E-state index contributed by atoms with van der Waals surface area (Å²) in [6.45, 7) is 8.64. The molecule has 3 heterocycles. The molecule has 0 spiro atoms. The monoisotopic (exact) mass is 331 g/mol. The Hall–Kier alpha value is -2.68. The Morgan fingerprint density at radius 2 is 1.72 bits per heavy atom. The molecule has 0 atom stereocenters. The van der Waals surface area contributed by atoms with Crippen molar-refractivity contribution in [3.8, 4) is 11.3 Å². The first-order valence-corrected chi connectivity index (χ1v) is 8.64. The lowest BCUT2D eigenvalue weighted by molar-refractivity contribution is -0.660. The van der Waals surface area contributed by atoms with Gasteiger partial charge in [-0.3, -0.25) is 0 Å². The van der Waals surface area contributed by atoms with Crippen LogP contribution in [0.25, 0.3) is 33.3 Å². The molecule has 0 bridgehead atoms. The van der Waals surface area contributed by atoms with E-state index in [0.717, 1.165) is 33.3 Å². The van der Waals surface area contributed by atoms with Gasteiger partial charge in [-0.05, 0) is 30.7 Å². The van der Waals surface area contributed by atoms with Gasteiger partial charge in [0.1, 0.15) is 7.05 Å². The van der Waals surface area contributed by atoms with E-state index in [1.807, 2.05) is 6.07 Å². The Morgan fingerprint density at radius 3 is 2.44 bits per heavy atom. The number of benzene rings is 1. The summed E-state index contributed by atoms with van der Waals surface area (Å²) >= 11 is 0. The molecule has 0 radical (unpaired) electrons. The van der Waals surface area contributed by atoms with Crippen LogP contribution in [0.4, 0.5) is 0 Å². The largest absolute Gasteiger partial charge is 0.437 e. The molecule has 3 nitrogen and oxygen atoms in total. The molecule has 0 aliphatic carbocycles. The Bertz CT molecular complexity index is 1100. The number of fused-ring (bicyclic) bond motifs is 3. The highest BCUT2D eigenvalue weighted by atomic mass is 16.3. The van der Waals surface area contributed by atoms with E-state index in [-0.39, 0.29) is 5.41 Å². The average molecular weight is 331 g/mol. The molecule has 0 unspecified atom stereocenters. The molecule has 3 aromatic heterocycles. The molecule has 0 aliphatic heterocycles. The molecular weight excluding hydrogens is 308 g/mol. The maximum Gasteiger partial charge on any atom is 0.227 e. The van der Waals surface area contributed by atoms with Gasteiger partial charge in [-0.25, -0.2) is 9.55 Å². The number of nitrogens with zero attached hydrogens (tertiary/aromatic N) is 2. The fraction of sp³-hybridized carbons (Fsp3) is 0.273. The summed E-state index contributed by atoms with van der Waals surface area (Å²) in [7, 11) is 2.06. The number of rotatable bonds is 1. The van der Waals surface area contributed by atoms with Crippen LogP contribution in [0.5, 0.6) is 0 Å².